The van der Waals surface area contributed by atoms with Crippen molar-refractivity contribution in [1.29, 1.82) is 0 Å². The molecule has 26 heavy (non-hydrogen) atoms. The van der Waals surface area contributed by atoms with Gasteiger partial charge in [0.1, 0.15) is 13.2 Å². The molecule has 136 valence electrons. The summed E-state index contributed by atoms with van der Waals surface area (Å²) in [6, 6.07) is 12.3. The van der Waals surface area contributed by atoms with Gasteiger partial charge in [-0.15, -0.1) is 0 Å². The minimum Gasteiger partial charge on any atom is -0.486 e. The lowest BCUT2D eigenvalue weighted by molar-refractivity contribution is -0.115. The van der Waals surface area contributed by atoms with Gasteiger partial charge in [0.2, 0.25) is 5.91 Å². The van der Waals surface area contributed by atoms with Gasteiger partial charge in [-0.25, -0.2) is 0 Å². The molecular weight excluding hydrogens is 332 g/mol. The Morgan fingerprint density at radius 1 is 1.08 bits per heavy atom. The average molecular weight is 354 g/mol. The lowest BCUT2D eigenvalue weighted by atomic mass is 10.1. The number of rotatable bonds is 5. The molecule has 0 radical (unpaired) electrons. The van der Waals surface area contributed by atoms with Crippen LogP contribution in [0.3, 0.4) is 0 Å². The van der Waals surface area contributed by atoms with E-state index in [1.165, 1.54) is 0 Å². The molecule has 6 heteroatoms. The third kappa shape index (κ3) is 4.14. The van der Waals surface area contributed by atoms with Crippen molar-refractivity contribution in [3.8, 4) is 11.5 Å². The highest BCUT2D eigenvalue weighted by Crippen LogP contribution is 2.32. The summed E-state index contributed by atoms with van der Waals surface area (Å²) in [7, 11) is 0. The first kappa shape index (κ1) is 17.8. The molecule has 1 aliphatic rings. The second kappa shape index (κ2) is 7.91. The smallest absolute Gasteiger partial charge is 0.251 e. The van der Waals surface area contributed by atoms with Crippen LogP contribution in [0.1, 0.15) is 42.2 Å². The van der Waals surface area contributed by atoms with E-state index in [1.54, 1.807) is 31.2 Å². The van der Waals surface area contributed by atoms with Crippen LogP contribution in [0.4, 0.5) is 5.69 Å². The van der Waals surface area contributed by atoms with Gasteiger partial charge in [-0.3, -0.25) is 9.59 Å². The minimum absolute atomic E-state index is 0.0906. The second-order valence-electron chi connectivity index (χ2n) is 6.08. The molecule has 1 atom stereocenters. The van der Waals surface area contributed by atoms with Crippen molar-refractivity contribution in [2.45, 2.75) is 26.3 Å². The molecule has 1 aliphatic heterocycles. The summed E-state index contributed by atoms with van der Waals surface area (Å²) >= 11 is 0. The van der Waals surface area contributed by atoms with Crippen molar-refractivity contribution < 1.29 is 19.1 Å². The highest BCUT2D eigenvalue weighted by molar-refractivity contribution is 5.97. The number of nitrogens with one attached hydrogen (secondary N) is 2. The summed E-state index contributed by atoms with van der Waals surface area (Å²) in [6.45, 7) is 4.75. The van der Waals surface area contributed by atoms with Crippen LogP contribution < -0.4 is 20.1 Å². The third-order valence-electron chi connectivity index (χ3n) is 4.14. The highest BCUT2D eigenvalue weighted by atomic mass is 16.6. The number of carbonyl (C=O) groups excluding carboxylic acids is 2. The van der Waals surface area contributed by atoms with E-state index >= 15 is 0 Å². The van der Waals surface area contributed by atoms with E-state index in [9.17, 15) is 9.59 Å². The maximum Gasteiger partial charge on any atom is 0.251 e. The van der Waals surface area contributed by atoms with Gasteiger partial charge < -0.3 is 20.1 Å². The number of amides is 2. The molecule has 3 rings (SSSR count). The Hall–Kier alpha value is -3.02. The molecule has 1 unspecified atom stereocenters. The lowest BCUT2D eigenvalue weighted by Gasteiger charge is -2.21. The van der Waals surface area contributed by atoms with Crippen molar-refractivity contribution in [3.05, 3.63) is 53.6 Å². The Kier molecular flexibility index (Phi) is 5.41. The van der Waals surface area contributed by atoms with E-state index in [2.05, 4.69) is 10.6 Å². The number of carbonyl (C=O) groups is 2. The second-order valence-corrected chi connectivity index (χ2v) is 6.08. The molecule has 2 N–H and O–H groups in total. The fourth-order valence-electron chi connectivity index (χ4n) is 2.68. The van der Waals surface area contributed by atoms with E-state index in [-0.39, 0.29) is 17.9 Å². The summed E-state index contributed by atoms with van der Waals surface area (Å²) in [4.78, 5) is 24.1. The number of benzene rings is 2. The summed E-state index contributed by atoms with van der Waals surface area (Å²) in [5.74, 6) is 1.12. The van der Waals surface area contributed by atoms with Gasteiger partial charge in [0.05, 0.1) is 6.04 Å². The zero-order valence-electron chi connectivity index (χ0n) is 14.9. The SMILES string of the molecule is CCC(=O)Nc1cccc(C(=O)NC(C)c2ccc3c(c2)OCCO3)c1. The van der Waals surface area contributed by atoms with Crippen LogP contribution in [0.5, 0.6) is 11.5 Å². The number of fused-ring (bicyclic) bond motifs is 1. The number of hydrogen-bond donors (Lipinski definition) is 2. The van der Waals surface area contributed by atoms with Crippen molar-refractivity contribution in [2.75, 3.05) is 18.5 Å². The Balaban J connectivity index is 1.69. The maximum atomic E-state index is 12.5. The number of ether oxygens (including phenoxy) is 2. The zero-order chi connectivity index (χ0) is 18.5. The van der Waals surface area contributed by atoms with E-state index < -0.39 is 0 Å². The van der Waals surface area contributed by atoms with Crippen LogP contribution in [-0.2, 0) is 4.79 Å². The molecule has 2 aromatic rings. The summed E-state index contributed by atoms with van der Waals surface area (Å²) in [5.41, 5.74) is 2.03. The predicted octanol–water partition coefficient (Wildman–Crippen LogP) is 3.30. The highest BCUT2D eigenvalue weighted by Gasteiger charge is 2.16. The fourth-order valence-corrected chi connectivity index (χ4v) is 2.68. The lowest BCUT2D eigenvalue weighted by Crippen LogP contribution is -2.27. The van der Waals surface area contributed by atoms with Crippen molar-refractivity contribution in [1.82, 2.24) is 5.32 Å². The molecule has 1 heterocycles. The van der Waals surface area contributed by atoms with Crippen LogP contribution in [0.2, 0.25) is 0 Å². The molecule has 0 fully saturated rings. The molecule has 0 aliphatic carbocycles. The molecule has 0 spiro atoms. The first-order valence-electron chi connectivity index (χ1n) is 8.67. The van der Waals surface area contributed by atoms with Gasteiger partial charge in [0.25, 0.3) is 5.91 Å². The molecule has 0 saturated heterocycles. The van der Waals surface area contributed by atoms with E-state index in [1.807, 2.05) is 25.1 Å². The van der Waals surface area contributed by atoms with Crippen molar-refractivity contribution in [2.24, 2.45) is 0 Å². The van der Waals surface area contributed by atoms with Crippen molar-refractivity contribution in [3.63, 3.8) is 0 Å². The van der Waals surface area contributed by atoms with Crippen molar-refractivity contribution >= 4 is 17.5 Å². The molecule has 6 nitrogen and oxygen atoms in total. The van der Waals surface area contributed by atoms with Crippen LogP contribution in [0.25, 0.3) is 0 Å². The standard InChI is InChI=1S/C20H22N2O4/c1-3-19(23)22-16-6-4-5-15(11-16)20(24)21-13(2)14-7-8-17-18(12-14)26-10-9-25-17/h4-8,11-13H,3,9-10H2,1-2H3,(H,21,24)(H,22,23). The van der Waals surface area contributed by atoms with Gasteiger partial charge in [-0.1, -0.05) is 19.1 Å². The normalized spacial score (nSPS) is 13.6. The summed E-state index contributed by atoms with van der Waals surface area (Å²) in [5, 5.41) is 5.72. The molecule has 0 aromatic heterocycles. The Bertz CT molecular complexity index is 819. The van der Waals surface area contributed by atoms with Gasteiger partial charge in [-0.2, -0.15) is 0 Å². The number of anilines is 1. The van der Waals surface area contributed by atoms with Gasteiger partial charge in [-0.05, 0) is 42.8 Å². The molecule has 0 saturated carbocycles. The zero-order valence-corrected chi connectivity index (χ0v) is 14.9. The summed E-state index contributed by atoms with van der Waals surface area (Å²) in [6.07, 6.45) is 0.386. The quantitative estimate of drug-likeness (QED) is 0.864. The Morgan fingerprint density at radius 2 is 1.85 bits per heavy atom. The first-order valence-corrected chi connectivity index (χ1v) is 8.67. The summed E-state index contributed by atoms with van der Waals surface area (Å²) < 4.78 is 11.1. The largest absolute Gasteiger partial charge is 0.486 e. The third-order valence-corrected chi connectivity index (χ3v) is 4.14. The Labute approximate surface area is 152 Å². The molecule has 2 amide bonds. The van der Waals surface area contributed by atoms with Gasteiger partial charge in [0.15, 0.2) is 11.5 Å². The molecular formula is C20H22N2O4. The molecule has 0 bridgehead atoms. The van der Waals surface area contributed by atoms with E-state index in [4.69, 9.17) is 9.47 Å². The van der Waals surface area contributed by atoms with Gasteiger partial charge in [0, 0.05) is 17.7 Å². The maximum absolute atomic E-state index is 12.5. The minimum atomic E-state index is -0.208. The molecule has 2 aromatic carbocycles. The van der Waals surface area contributed by atoms with Crippen LogP contribution in [0, 0.1) is 0 Å². The monoisotopic (exact) mass is 354 g/mol. The Morgan fingerprint density at radius 3 is 2.62 bits per heavy atom. The topological polar surface area (TPSA) is 76.7 Å². The van der Waals surface area contributed by atoms with Crippen LogP contribution >= 0.6 is 0 Å². The van der Waals surface area contributed by atoms with E-state index in [0.29, 0.717) is 36.6 Å². The average Bonchev–Trinajstić information content (AvgIpc) is 2.67. The predicted molar refractivity (Wildman–Crippen MR) is 98.7 cm³/mol. The van der Waals surface area contributed by atoms with Crippen LogP contribution in [0.15, 0.2) is 42.5 Å². The first-order chi connectivity index (χ1) is 12.6. The fraction of sp³-hybridized carbons (Fsp3) is 0.300. The van der Waals surface area contributed by atoms with Gasteiger partial charge >= 0.3 is 0 Å². The van der Waals surface area contributed by atoms with E-state index in [0.717, 1.165) is 11.3 Å². The van der Waals surface area contributed by atoms with Crippen LogP contribution in [-0.4, -0.2) is 25.0 Å². The number of hydrogen-bond acceptors (Lipinski definition) is 4.